The van der Waals surface area contributed by atoms with Gasteiger partial charge in [-0.15, -0.1) is 24.0 Å². The highest BCUT2D eigenvalue weighted by Crippen LogP contribution is 2.54. The second kappa shape index (κ2) is 9.89. The lowest BCUT2D eigenvalue weighted by Crippen LogP contribution is -2.65. The van der Waals surface area contributed by atoms with E-state index >= 15 is 0 Å². The molecule has 1 aliphatic heterocycles. The SMILES string of the molecule is CCNC(=NCC1(O)CCOCC1)NC1CC(OCC)C12CCCC2.I. The average molecular weight is 481 g/mol. The number of nitrogens with one attached hydrogen (secondary N) is 2. The monoisotopic (exact) mass is 481 g/mol. The maximum atomic E-state index is 10.6. The quantitative estimate of drug-likeness (QED) is 0.309. The molecule has 2 atom stereocenters. The maximum absolute atomic E-state index is 10.6. The van der Waals surface area contributed by atoms with Gasteiger partial charge in [-0.05, 0) is 33.1 Å². The molecule has 152 valence electrons. The Balaban J connectivity index is 0.00000243. The summed E-state index contributed by atoms with van der Waals surface area (Å²) < 4.78 is 11.4. The minimum absolute atomic E-state index is 0. The third-order valence-electron chi connectivity index (χ3n) is 6.30. The van der Waals surface area contributed by atoms with Crippen molar-refractivity contribution in [3.8, 4) is 0 Å². The van der Waals surface area contributed by atoms with Crippen LogP contribution in [0.3, 0.4) is 0 Å². The largest absolute Gasteiger partial charge is 0.388 e. The molecule has 3 aliphatic rings. The van der Waals surface area contributed by atoms with Crippen LogP contribution in [0.2, 0.25) is 0 Å². The number of ether oxygens (including phenoxy) is 2. The van der Waals surface area contributed by atoms with E-state index in [4.69, 9.17) is 14.5 Å². The van der Waals surface area contributed by atoms with E-state index in [1.165, 1.54) is 25.7 Å². The second-order valence-electron chi connectivity index (χ2n) is 7.85. The number of rotatable bonds is 6. The first kappa shape index (κ1) is 22.2. The molecule has 0 bridgehead atoms. The standard InChI is InChI=1S/C19H35N3O3.HI/c1-3-20-17(21-14-18(23)9-11-24-12-10-18)22-15-13-16(25-4-2)19(15)7-5-6-8-19;/h15-16,23H,3-14H2,1-2H3,(H2,20,21,22);1H. The van der Waals surface area contributed by atoms with Crippen LogP contribution in [-0.4, -0.2) is 61.7 Å². The molecule has 1 heterocycles. The van der Waals surface area contributed by atoms with Gasteiger partial charge >= 0.3 is 0 Å². The number of nitrogens with zero attached hydrogens (tertiary/aromatic N) is 1. The molecule has 0 amide bonds. The predicted octanol–water partition coefficient (Wildman–Crippen LogP) is 2.44. The molecule has 2 unspecified atom stereocenters. The summed E-state index contributed by atoms with van der Waals surface area (Å²) in [6, 6.07) is 0.425. The summed E-state index contributed by atoms with van der Waals surface area (Å²) in [6.07, 6.45) is 7.86. The van der Waals surface area contributed by atoms with Crippen LogP contribution >= 0.6 is 24.0 Å². The minimum atomic E-state index is -0.723. The Bertz CT molecular complexity index is 463. The summed E-state index contributed by atoms with van der Waals surface area (Å²) in [5.74, 6) is 0.827. The van der Waals surface area contributed by atoms with Gasteiger partial charge in [-0.1, -0.05) is 12.8 Å². The fraction of sp³-hybridized carbons (Fsp3) is 0.947. The van der Waals surface area contributed by atoms with Crippen molar-refractivity contribution in [2.75, 3.05) is 32.9 Å². The zero-order chi connectivity index (χ0) is 17.8. The average Bonchev–Trinajstić information content (AvgIpc) is 3.12. The van der Waals surface area contributed by atoms with Gasteiger partial charge in [-0.3, -0.25) is 4.99 Å². The lowest BCUT2D eigenvalue weighted by atomic mass is 9.60. The fourth-order valence-corrected chi connectivity index (χ4v) is 4.71. The summed E-state index contributed by atoms with van der Waals surface area (Å²) in [5.41, 5.74) is -0.444. The van der Waals surface area contributed by atoms with Crippen LogP contribution < -0.4 is 10.6 Å². The fourth-order valence-electron chi connectivity index (χ4n) is 4.71. The first-order chi connectivity index (χ1) is 12.1. The van der Waals surface area contributed by atoms with E-state index in [1.807, 2.05) is 0 Å². The Hall–Kier alpha value is -0.120. The van der Waals surface area contributed by atoms with Gasteiger partial charge < -0.3 is 25.2 Å². The highest BCUT2D eigenvalue weighted by atomic mass is 127. The molecule has 0 aromatic heterocycles. The summed E-state index contributed by atoms with van der Waals surface area (Å²) >= 11 is 0. The first-order valence-electron chi connectivity index (χ1n) is 10.1. The highest BCUT2D eigenvalue weighted by molar-refractivity contribution is 14.0. The number of aliphatic hydroxyl groups is 1. The molecule has 2 aliphatic carbocycles. The summed E-state index contributed by atoms with van der Waals surface area (Å²) in [4.78, 5) is 4.70. The lowest BCUT2D eigenvalue weighted by Gasteiger charge is -2.54. The summed E-state index contributed by atoms with van der Waals surface area (Å²) in [5, 5.41) is 17.6. The van der Waals surface area contributed by atoms with E-state index in [0.717, 1.165) is 25.5 Å². The molecule has 1 saturated heterocycles. The zero-order valence-electron chi connectivity index (χ0n) is 16.3. The van der Waals surface area contributed by atoms with Crippen LogP contribution in [0.4, 0.5) is 0 Å². The van der Waals surface area contributed by atoms with E-state index in [9.17, 15) is 5.11 Å². The molecule has 0 aromatic carbocycles. The molecule has 26 heavy (non-hydrogen) atoms. The van der Waals surface area contributed by atoms with Crippen molar-refractivity contribution in [1.82, 2.24) is 10.6 Å². The smallest absolute Gasteiger partial charge is 0.191 e. The Morgan fingerprint density at radius 3 is 2.50 bits per heavy atom. The number of halogens is 1. The van der Waals surface area contributed by atoms with E-state index in [2.05, 4.69) is 24.5 Å². The third-order valence-corrected chi connectivity index (χ3v) is 6.30. The molecule has 7 heteroatoms. The predicted molar refractivity (Wildman–Crippen MR) is 114 cm³/mol. The summed E-state index contributed by atoms with van der Waals surface area (Å²) in [7, 11) is 0. The number of hydrogen-bond donors (Lipinski definition) is 3. The molecule has 0 aromatic rings. The van der Waals surface area contributed by atoms with Crippen LogP contribution in [0.5, 0.6) is 0 Å². The van der Waals surface area contributed by atoms with Crippen molar-refractivity contribution in [3.63, 3.8) is 0 Å². The van der Waals surface area contributed by atoms with Crippen molar-refractivity contribution < 1.29 is 14.6 Å². The van der Waals surface area contributed by atoms with Crippen LogP contribution in [0.15, 0.2) is 4.99 Å². The van der Waals surface area contributed by atoms with Crippen molar-refractivity contribution in [2.24, 2.45) is 10.4 Å². The van der Waals surface area contributed by atoms with Crippen LogP contribution in [0.1, 0.15) is 58.8 Å². The molecule has 2 saturated carbocycles. The zero-order valence-corrected chi connectivity index (χ0v) is 18.6. The Labute approximate surface area is 174 Å². The van der Waals surface area contributed by atoms with Crippen molar-refractivity contribution in [2.45, 2.75) is 76.5 Å². The van der Waals surface area contributed by atoms with E-state index in [-0.39, 0.29) is 29.4 Å². The van der Waals surface area contributed by atoms with Crippen molar-refractivity contribution >= 4 is 29.9 Å². The van der Waals surface area contributed by atoms with Crippen LogP contribution in [0, 0.1) is 5.41 Å². The third kappa shape index (κ3) is 4.83. The molecule has 3 N–H and O–H groups in total. The molecule has 1 spiro atoms. The Morgan fingerprint density at radius 1 is 1.19 bits per heavy atom. The van der Waals surface area contributed by atoms with Gasteiger partial charge in [-0.2, -0.15) is 0 Å². The number of guanidine groups is 1. The van der Waals surface area contributed by atoms with Gasteiger partial charge in [0.1, 0.15) is 0 Å². The second-order valence-corrected chi connectivity index (χ2v) is 7.85. The van der Waals surface area contributed by atoms with Gasteiger partial charge in [-0.25, -0.2) is 0 Å². The Kier molecular flexibility index (Phi) is 8.43. The first-order valence-corrected chi connectivity index (χ1v) is 10.1. The van der Waals surface area contributed by atoms with Gasteiger partial charge in [0.15, 0.2) is 5.96 Å². The normalized spacial score (nSPS) is 29.7. The van der Waals surface area contributed by atoms with E-state index < -0.39 is 5.60 Å². The molecule has 3 fully saturated rings. The number of aliphatic imine (C=N–C) groups is 1. The molecule has 6 nitrogen and oxygen atoms in total. The molecule has 3 rings (SSSR count). The highest BCUT2D eigenvalue weighted by Gasteiger charge is 2.57. The minimum Gasteiger partial charge on any atom is -0.388 e. The van der Waals surface area contributed by atoms with Gasteiger partial charge in [0, 0.05) is 50.7 Å². The topological polar surface area (TPSA) is 75.1 Å². The number of hydrogen-bond acceptors (Lipinski definition) is 4. The van der Waals surface area contributed by atoms with Crippen LogP contribution in [0.25, 0.3) is 0 Å². The van der Waals surface area contributed by atoms with Gasteiger partial charge in [0.05, 0.1) is 18.2 Å². The maximum Gasteiger partial charge on any atom is 0.191 e. The van der Waals surface area contributed by atoms with Gasteiger partial charge in [0.2, 0.25) is 0 Å². The molecular formula is C19H36IN3O3. The molecular weight excluding hydrogens is 445 g/mol. The Morgan fingerprint density at radius 2 is 1.88 bits per heavy atom. The van der Waals surface area contributed by atoms with E-state index in [0.29, 0.717) is 44.7 Å². The van der Waals surface area contributed by atoms with Gasteiger partial charge in [0.25, 0.3) is 0 Å². The van der Waals surface area contributed by atoms with E-state index in [1.54, 1.807) is 0 Å². The van der Waals surface area contributed by atoms with Crippen LogP contribution in [-0.2, 0) is 9.47 Å². The summed E-state index contributed by atoms with van der Waals surface area (Å²) in [6.45, 7) is 7.46. The lowest BCUT2D eigenvalue weighted by molar-refractivity contribution is -0.125. The molecule has 0 radical (unpaired) electrons. The van der Waals surface area contributed by atoms with Crippen molar-refractivity contribution in [1.29, 1.82) is 0 Å². The van der Waals surface area contributed by atoms with Crippen molar-refractivity contribution in [3.05, 3.63) is 0 Å².